The summed E-state index contributed by atoms with van der Waals surface area (Å²) in [5.41, 5.74) is 4.34. The van der Waals surface area contributed by atoms with Crippen LogP contribution in [0.25, 0.3) is 0 Å². The minimum atomic E-state index is -0.617. The van der Waals surface area contributed by atoms with Crippen molar-refractivity contribution in [3.63, 3.8) is 0 Å². The zero-order valence-corrected chi connectivity index (χ0v) is 22.8. The van der Waals surface area contributed by atoms with Crippen LogP contribution in [-0.4, -0.2) is 35.1 Å². The predicted molar refractivity (Wildman–Crippen MR) is 151 cm³/mol. The molecule has 0 aliphatic carbocycles. The van der Waals surface area contributed by atoms with E-state index in [2.05, 4.69) is 44.3 Å². The molecule has 3 aromatic rings. The zero-order chi connectivity index (χ0) is 25.9. The largest absolute Gasteiger partial charge is 0.354 e. The number of benzene rings is 3. The Labute approximate surface area is 224 Å². The van der Waals surface area contributed by atoms with Gasteiger partial charge in [0.15, 0.2) is 0 Å². The Kier molecular flexibility index (Phi) is 10.9. The monoisotopic (exact) mass is 522 g/mol. The van der Waals surface area contributed by atoms with E-state index in [-0.39, 0.29) is 11.8 Å². The summed E-state index contributed by atoms with van der Waals surface area (Å²) in [6.07, 6.45) is 0.451. The van der Waals surface area contributed by atoms with Gasteiger partial charge >= 0.3 is 0 Å². The van der Waals surface area contributed by atoms with Gasteiger partial charge in [-0.05, 0) is 41.7 Å². The minimum Gasteiger partial charge on any atom is -0.354 e. The number of carbonyl (C=O) groups excluding carboxylic acids is 2. The van der Waals surface area contributed by atoms with Crippen LogP contribution in [0.1, 0.15) is 36.1 Å². The molecule has 1 unspecified atom stereocenters. The van der Waals surface area contributed by atoms with Gasteiger partial charge in [-0.15, -0.1) is 11.8 Å². The van der Waals surface area contributed by atoms with Gasteiger partial charge in [-0.2, -0.15) is 0 Å². The lowest BCUT2D eigenvalue weighted by atomic mass is 10.0. The Hall–Kier alpha value is -2.76. The van der Waals surface area contributed by atoms with Gasteiger partial charge in [0.2, 0.25) is 11.8 Å². The molecular weight excluding hydrogens is 488 g/mol. The Bertz CT molecular complexity index is 1120. The zero-order valence-electron chi connectivity index (χ0n) is 21.2. The number of nitrogens with zero attached hydrogens (tertiary/aromatic N) is 1. The lowest BCUT2D eigenvalue weighted by molar-refractivity contribution is -0.139. The van der Waals surface area contributed by atoms with Gasteiger partial charge in [0.05, 0.1) is 5.75 Å². The molecule has 0 fully saturated rings. The summed E-state index contributed by atoms with van der Waals surface area (Å²) in [4.78, 5) is 28.8. The van der Waals surface area contributed by atoms with Crippen molar-refractivity contribution >= 4 is 35.2 Å². The molecule has 190 valence electrons. The molecule has 4 nitrogen and oxygen atoms in total. The van der Waals surface area contributed by atoms with Crippen molar-refractivity contribution in [3.8, 4) is 0 Å². The average molecular weight is 523 g/mol. The molecule has 0 spiro atoms. The SMILES string of the molecule is Cc1cccc(CSCC(=O)N(Cc2ccc(Cl)cc2)C(Cc2ccccc2)C(=O)NCC(C)C)c1. The maximum absolute atomic E-state index is 13.6. The van der Waals surface area contributed by atoms with E-state index in [1.54, 1.807) is 16.7 Å². The normalized spacial score (nSPS) is 11.8. The van der Waals surface area contributed by atoms with Crippen molar-refractivity contribution < 1.29 is 9.59 Å². The summed E-state index contributed by atoms with van der Waals surface area (Å²) < 4.78 is 0. The second-order valence-electron chi connectivity index (χ2n) is 9.47. The number of rotatable bonds is 12. The van der Waals surface area contributed by atoms with Crippen LogP contribution in [0.3, 0.4) is 0 Å². The fourth-order valence-corrected chi connectivity index (χ4v) is 4.89. The molecule has 2 amide bonds. The summed E-state index contributed by atoms with van der Waals surface area (Å²) in [7, 11) is 0. The summed E-state index contributed by atoms with van der Waals surface area (Å²) in [6, 6.07) is 25.0. The molecular formula is C30H35ClN2O2S. The highest BCUT2D eigenvalue weighted by atomic mass is 35.5. The number of amides is 2. The highest BCUT2D eigenvalue weighted by Gasteiger charge is 2.30. The number of thioether (sulfide) groups is 1. The molecule has 36 heavy (non-hydrogen) atoms. The second kappa shape index (κ2) is 14.1. The van der Waals surface area contributed by atoms with E-state index in [9.17, 15) is 9.59 Å². The van der Waals surface area contributed by atoms with Gasteiger partial charge in [0.25, 0.3) is 0 Å². The summed E-state index contributed by atoms with van der Waals surface area (Å²) in [5.74, 6) is 1.17. The van der Waals surface area contributed by atoms with Crippen molar-refractivity contribution in [1.29, 1.82) is 0 Å². The number of carbonyl (C=O) groups is 2. The number of halogens is 1. The summed E-state index contributed by atoms with van der Waals surface area (Å²) in [6.45, 7) is 7.09. The third-order valence-electron chi connectivity index (χ3n) is 5.80. The number of hydrogen-bond donors (Lipinski definition) is 1. The predicted octanol–water partition coefficient (Wildman–Crippen LogP) is 6.29. The van der Waals surface area contributed by atoms with Crippen molar-refractivity contribution in [3.05, 3.63) is 106 Å². The fourth-order valence-electron chi connectivity index (χ4n) is 3.90. The lowest BCUT2D eigenvalue weighted by Crippen LogP contribution is -2.51. The Morgan fingerprint density at radius 2 is 1.61 bits per heavy atom. The van der Waals surface area contributed by atoms with Crippen molar-refractivity contribution in [2.45, 2.75) is 45.5 Å². The van der Waals surface area contributed by atoms with E-state index in [1.807, 2.05) is 60.7 Å². The third-order valence-corrected chi connectivity index (χ3v) is 7.04. The number of hydrogen-bond acceptors (Lipinski definition) is 3. The van der Waals surface area contributed by atoms with E-state index < -0.39 is 6.04 Å². The smallest absolute Gasteiger partial charge is 0.243 e. The lowest BCUT2D eigenvalue weighted by Gasteiger charge is -2.32. The minimum absolute atomic E-state index is 0.0526. The van der Waals surface area contributed by atoms with Crippen molar-refractivity contribution in [2.75, 3.05) is 12.3 Å². The van der Waals surface area contributed by atoms with E-state index >= 15 is 0 Å². The van der Waals surface area contributed by atoms with Crippen LogP contribution in [0.15, 0.2) is 78.9 Å². The number of aryl methyl sites for hydroxylation is 1. The highest BCUT2D eigenvalue weighted by molar-refractivity contribution is 7.99. The first kappa shape index (κ1) is 27.8. The van der Waals surface area contributed by atoms with Gasteiger partial charge in [0.1, 0.15) is 6.04 Å². The van der Waals surface area contributed by atoms with Crippen LogP contribution in [0.5, 0.6) is 0 Å². The molecule has 0 saturated carbocycles. The Morgan fingerprint density at radius 3 is 2.28 bits per heavy atom. The van der Waals surface area contributed by atoms with Crippen LogP contribution in [0, 0.1) is 12.8 Å². The first-order valence-electron chi connectivity index (χ1n) is 12.3. The molecule has 1 N–H and O–H groups in total. The highest BCUT2D eigenvalue weighted by Crippen LogP contribution is 2.20. The van der Waals surface area contributed by atoms with Gasteiger partial charge in [-0.1, -0.05) is 97.7 Å². The van der Waals surface area contributed by atoms with E-state index in [4.69, 9.17) is 11.6 Å². The molecule has 6 heteroatoms. The van der Waals surface area contributed by atoms with E-state index in [0.29, 0.717) is 36.2 Å². The third kappa shape index (κ3) is 9.03. The van der Waals surface area contributed by atoms with Gasteiger partial charge < -0.3 is 10.2 Å². The van der Waals surface area contributed by atoms with Gasteiger partial charge in [-0.25, -0.2) is 0 Å². The first-order valence-corrected chi connectivity index (χ1v) is 13.8. The maximum Gasteiger partial charge on any atom is 0.243 e. The molecule has 1 atom stereocenters. The van der Waals surface area contributed by atoms with Crippen LogP contribution in [0.2, 0.25) is 5.02 Å². The molecule has 0 aromatic heterocycles. The molecule has 0 radical (unpaired) electrons. The van der Waals surface area contributed by atoms with Crippen molar-refractivity contribution in [1.82, 2.24) is 10.2 Å². The van der Waals surface area contributed by atoms with E-state index in [0.717, 1.165) is 16.9 Å². The molecule has 0 saturated heterocycles. The molecule has 0 aliphatic heterocycles. The van der Waals surface area contributed by atoms with Crippen LogP contribution >= 0.6 is 23.4 Å². The quantitative estimate of drug-likeness (QED) is 0.304. The fraction of sp³-hybridized carbons (Fsp3) is 0.333. The summed E-state index contributed by atoms with van der Waals surface area (Å²) in [5, 5.41) is 3.70. The molecule has 0 heterocycles. The van der Waals surface area contributed by atoms with E-state index in [1.165, 1.54) is 11.1 Å². The Balaban J connectivity index is 1.83. The standard InChI is InChI=1S/C30H35ClN2O2S/c1-22(2)18-32-30(35)28(17-24-9-5-4-6-10-24)33(19-25-12-14-27(31)15-13-25)29(34)21-36-20-26-11-7-8-23(3)16-26/h4-16,22,28H,17-21H2,1-3H3,(H,32,35). The molecule has 3 aromatic carbocycles. The molecule has 0 bridgehead atoms. The van der Waals surface area contributed by atoms with Gasteiger partial charge in [-0.3, -0.25) is 9.59 Å². The van der Waals surface area contributed by atoms with Crippen LogP contribution in [0.4, 0.5) is 0 Å². The Morgan fingerprint density at radius 1 is 0.917 bits per heavy atom. The second-order valence-corrected chi connectivity index (χ2v) is 10.9. The maximum atomic E-state index is 13.6. The van der Waals surface area contributed by atoms with Gasteiger partial charge in [0, 0.05) is 30.3 Å². The van der Waals surface area contributed by atoms with Crippen LogP contribution in [-0.2, 0) is 28.3 Å². The first-order chi connectivity index (χ1) is 17.3. The molecule has 0 aliphatic rings. The summed E-state index contributed by atoms with van der Waals surface area (Å²) >= 11 is 7.67. The topological polar surface area (TPSA) is 49.4 Å². The van der Waals surface area contributed by atoms with Crippen LogP contribution < -0.4 is 5.32 Å². The number of nitrogens with one attached hydrogen (secondary N) is 1. The molecule has 3 rings (SSSR count). The average Bonchev–Trinajstić information content (AvgIpc) is 2.86. The van der Waals surface area contributed by atoms with Crippen molar-refractivity contribution in [2.24, 2.45) is 5.92 Å².